The quantitative estimate of drug-likeness (QED) is 0.865. The Bertz CT molecular complexity index is 432. The molecule has 0 radical (unpaired) electrons. The molecule has 0 saturated heterocycles. The molecule has 1 aliphatic carbocycles. The van der Waals surface area contributed by atoms with E-state index in [1.807, 2.05) is 12.1 Å². The van der Waals surface area contributed by atoms with Crippen LogP contribution in [0.3, 0.4) is 0 Å². The van der Waals surface area contributed by atoms with Gasteiger partial charge < -0.3 is 15.2 Å². The maximum absolute atomic E-state index is 6.16. The zero-order chi connectivity index (χ0) is 13.8. The highest BCUT2D eigenvalue weighted by atomic mass is 35.5. The average molecular weight is 284 g/mol. The van der Waals surface area contributed by atoms with Crippen LogP contribution in [-0.4, -0.2) is 19.8 Å². The van der Waals surface area contributed by atoms with Crippen LogP contribution in [0.1, 0.15) is 44.1 Å². The van der Waals surface area contributed by atoms with Gasteiger partial charge >= 0.3 is 0 Å². The third-order valence-electron chi connectivity index (χ3n) is 3.74. The number of hydrogen-bond acceptors (Lipinski definition) is 3. The van der Waals surface area contributed by atoms with Crippen LogP contribution in [0, 0.1) is 0 Å². The van der Waals surface area contributed by atoms with E-state index in [0.717, 1.165) is 36.3 Å². The van der Waals surface area contributed by atoms with Crippen molar-refractivity contribution in [3.8, 4) is 11.5 Å². The summed E-state index contributed by atoms with van der Waals surface area (Å²) in [5.41, 5.74) is 6.76. The first-order valence-electron chi connectivity index (χ1n) is 6.89. The van der Waals surface area contributed by atoms with Gasteiger partial charge in [0.2, 0.25) is 0 Å². The van der Waals surface area contributed by atoms with Crippen LogP contribution in [0.15, 0.2) is 12.1 Å². The zero-order valence-corrected chi connectivity index (χ0v) is 12.4. The van der Waals surface area contributed by atoms with Gasteiger partial charge in [-0.3, -0.25) is 0 Å². The van der Waals surface area contributed by atoms with E-state index in [4.69, 9.17) is 26.8 Å². The highest BCUT2D eigenvalue weighted by Gasteiger charge is 2.24. The van der Waals surface area contributed by atoms with Crippen molar-refractivity contribution in [1.29, 1.82) is 0 Å². The minimum Gasteiger partial charge on any atom is -0.493 e. The third kappa shape index (κ3) is 3.34. The van der Waals surface area contributed by atoms with Crippen molar-refractivity contribution in [3.63, 3.8) is 0 Å². The van der Waals surface area contributed by atoms with Crippen LogP contribution < -0.4 is 15.2 Å². The number of hydrogen-bond donors (Lipinski definition) is 1. The Morgan fingerprint density at radius 3 is 2.68 bits per heavy atom. The normalized spacial score (nSPS) is 16.8. The SMILES string of the molecule is COc1cc(Cl)cc(C(C)CCN)c1OC1CCC1. The summed E-state index contributed by atoms with van der Waals surface area (Å²) >= 11 is 6.16. The van der Waals surface area contributed by atoms with Gasteiger partial charge in [0.25, 0.3) is 0 Å². The molecule has 4 heteroatoms. The molecule has 1 saturated carbocycles. The van der Waals surface area contributed by atoms with Crippen LogP contribution in [-0.2, 0) is 0 Å². The van der Waals surface area contributed by atoms with E-state index in [-0.39, 0.29) is 0 Å². The van der Waals surface area contributed by atoms with Gasteiger partial charge in [0.15, 0.2) is 11.5 Å². The first kappa shape index (κ1) is 14.5. The van der Waals surface area contributed by atoms with Crippen molar-refractivity contribution in [3.05, 3.63) is 22.7 Å². The van der Waals surface area contributed by atoms with Crippen LogP contribution in [0.5, 0.6) is 11.5 Å². The number of methoxy groups -OCH3 is 1. The molecule has 1 aromatic carbocycles. The van der Waals surface area contributed by atoms with Crippen molar-refractivity contribution in [1.82, 2.24) is 0 Å². The molecular formula is C15H22ClNO2. The Balaban J connectivity index is 2.33. The van der Waals surface area contributed by atoms with E-state index >= 15 is 0 Å². The monoisotopic (exact) mass is 283 g/mol. The van der Waals surface area contributed by atoms with Gasteiger partial charge in [-0.15, -0.1) is 0 Å². The first-order chi connectivity index (χ1) is 9.15. The Hall–Kier alpha value is -0.930. The third-order valence-corrected chi connectivity index (χ3v) is 3.95. The average Bonchev–Trinajstić information content (AvgIpc) is 2.34. The second-order valence-corrected chi connectivity index (χ2v) is 5.61. The van der Waals surface area contributed by atoms with Crippen LogP contribution in [0.4, 0.5) is 0 Å². The Kier molecular flexibility index (Phi) is 4.94. The standard InChI is InChI=1S/C15H22ClNO2/c1-10(6-7-17)13-8-11(16)9-14(18-2)15(13)19-12-4-3-5-12/h8-10,12H,3-7,17H2,1-2H3. The highest BCUT2D eigenvalue weighted by molar-refractivity contribution is 6.30. The van der Waals surface area contributed by atoms with Crippen molar-refractivity contribution >= 4 is 11.6 Å². The molecule has 1 unspecified atom stereocenters. The van der Waals surface area contributed by atoms with E-state index in [1.54, 1.807) is 7.11 Å². The Labute approximate surface area is 120 Å². The zero-order valence-electron chi connectivity index (χ0n) is 11.6. The lowest BCUT2D eigenvalue weighted by molar-refractivity contribution is 0.114. The summed E-state index contributed by atoms with van der Waals surface area (Å²) < 4.78 is 11.5. The van der Waals surface area contributed by atoms with Gasteiger partial charge in [0.1, 0.15) is 0 Å². The fourth-order valence-corrected chi connectivity index (χ4v) is 2.51. The Morgan fingerprint density at radius 2 is 2.16 bits per heavy atom. The van der Waals surface area contributed by atoms with Crippen LogP contribution >= 0.6 is 11.6 Å². The smallest absolute Gasteiger partial charge is 0.165 e. The summed E-state index contributed by atoms with van der Waals surface area (Å²) in [6.07, 6.45) is 4.71. The molecular weight excluding hydrogens is 262 g/mol. The molecule has 0 aliphatic heterocycles. The van der Waals surface area contributed by atoms with E-state index in [0.29, 0.717) is 23.6 Å². The van der Waals surface area contributed by atoms with Gasteiger partial charge in [-0.1, -0.05) is 18.5 Å². The second kappa shape index (κ2) is 6.49. The van der Waals surface area contributed by atoms with Crippen molar-refractivity contribution < 1.29 is 9.47 Å². The fraction of sp³-hybridized carbons (Fsp3) is 0.600. The molecule has 1 atom stereocenters. The minimum absolute atomic E-state index is 0.313. The predicted octanol–water partition coefficient (Wildman–Crippen LogP) is 3.73. The molecule has 0 amide bonds. The van der Waals surface area contributed by atoms with E-state index in [2.05, 4.69) is 6.92 Å². The second-order valence-electron chi connectivity index (χ2n) is 5.18. The lowest BCUT2D eigenvalue weighted by atomic mass is 9.94. The fourth-order valence-electron chi connectivity index (χ4n) is 2.29. The molecule has 1 aliphatic rings. The van der Waals surface area contributed by atoms with Gasteiger partial charge in [-0.25, -0.2) is 0 Å². The molecule has 1 fully saturated rings. The molecule has 2 rings (SSSR count). The summed E-state index contributed by atoms with van der Waals surface area (Å²) in [5, 5.41) is 0.677. The van der Waals surface area contributed by atoms with E-state index in [9.17, 15) is 0 Å². The number of rotatable bonds is 6. The molecule has 0 heterocycles. The number of benzene rings is 1. The maximum atomic E-state index is 6.16. The summed E-state index contributed by atoms with van der Waals surface area (Å²) in [4.78, 5) is 0. The van der Waals surface area contributed by atoms with E-state index < -0.39 is 0 Å². The van der Waals surface area contributed by atoms with Crippen LogP contribution in [0.2, 0.25) is 5.02 Å². The Morgan fingerprint density at radius 1 is 1.42 bits per heavy atom. The van der Waals surface area contributed by atoms with Gasteiger partial charge in [-0.2, -0.15) is 0 Å². The largest absolute Gasteiger partial charge is 0.493 e. The van der Waals surface area contributed by atoms with Gasteiger partial charge in [0, 0.05) is 16.7 Å². The summed E-state index contributed by atoms with van der Waals surface area (Å²) in [5.74, 6) is 1.88. The highest BCUT2D eigenvalue weighted by Crippen LogP contribution is 2.41. The van der Waals surface area contributed by atoms with Crippen molar-refractivity contribution in [2.45, 2.75) is 44.6 Å². The summed E-state index contributed by atoms with van der Waals surface area (Å²) in [6.45, 7) is 2.80. The lowest BCUT2D eigenvalue weighted by Crippen LogP contribution is -2.25. The molecule has 0 spiro atoms. The van der Waals surface area contributed by atoms with E-state index in [1.165, 1.54) is 6.42 Å². The van der Waals surface area contributed by atoms with Crippen molar-refractivity contribution in [2.24, 2.45) is 5.73 Å². The molecule has 2 N–H and O–H groups in total. The lowest BCUT2D eigenvalue weighted by Gasteiger charge is -2.29. The topological polar surface area (TPSA) is 44.5 Å². The summed E-state index contributed by atoms with van der Waals surface area (Å²) in [7, 11) is 1.65. The summed E-state index contributed by atoms with van der Waals surface area (Å²) in [6, 6.07) is 3.78. The van der Waals surface area contributed by atoms with Crippen molar-refractivity contribution in [2.75, 3.05) is 13.7 Å². The first-order valence-corrected chi connectivity index (χ1v) is 7.27. The minimum atomic E-state index is 0.313. The predicted molar refractivity (Wildman–Crippen MR) is 78.4 cm³/mol. The van der Waals surface area contributed by atoms with Gasteiger partial charge in [-0.05, 0) is 44.2 Å². The molecule has 0 aromatic heterocycles. The molecule has 1 aromatic rings. The van der Waals surface area contributed by atoms with Crippen LogP contribution in [0.25, 0.3) is 0 Å². The number of halogens is 1. The number of nitrogens with two attached hydrogens (primary N) is 1. The maximum Gasteiger partial charge on any atom is 0.165 e. The molecule has 19 heavy (non-hydrogen) atoms. The number of ether oxygens (including phenoxy) is 2. The van der Waals surface area contributed by atoms with Gasteiger partial charge in [0.05, 0.1) is 13.2 Å². The molecule has 3 nitrogen and oxygen atoms in total. The molecule has 0 bridgehead atoms. The molecule has 106 valence electrons.